The van der Waals surface area contributed by atoms with Crippen LogP contribution in [0.15, 0.2) is 24.3 Å². The SMILES string of the molecule is CCOC(=O)C1(O)CCOc2ccccc21. The molecule has 0 radical (unpaired) electrons. The maximum atomic E-state index is 11.8. The molecule has 1 N–H and O–H groups in total. The highest BCUT2D eigenvalue weighted by atomic mass is 16.6. The van der Waals surface area contributed by atoms with Crippen molar-refractivity contribution in [2.24, 2.45) is 0 Å². The van der Waals surface area contributed by atoms with E-state index in [1.54, 1.807) is 31.2 Å². The largest absolute Gasteiger partial charge is 0.493 e. The number of ether oxygens (including phenoxy) is 2. The van der Waals surface area contributed by atoms with Crippen LogP contribution in [0.25, 0.3) is 0 Å². The van der Waals surface area contributed by atoms with Gasteiger partial charge in [-0.1, -0.05) is 18.2 Å². The van der Waals surface area contributed by atoms with Crippen molar-refractivity contribution in [3.8, 4) is 5.75 Å². The Morgan fingerprint density at radius 1 is 1.56 bits per heavy atom. The van der Waals surface area contributed by atoms with Crippen molar-refractivity contribution in [2.45, 2.75) is 18.9 Å². The molecule has 0 saturated heterocycles. The number of aliphatic hydroxyl groups is 1. The fraction of sp³-hybridized carbons (Fsp3) is 0.417. The van der Waals surface area contributed by atoms with Gasteiger partial charge in [0.15, 0.2) is 5.60 Å². The number of rotatable bonds is 2. The van der Waals surface area contributed by atoms with Gasteiger partial charge in [-0.15, -0.1) is 0 Å². The molecule has 1 aromatic rings. The van der Waals surface area contributed by atoms with Gasteiger partial charge in [0.05, 0.1) is 13.2 Å². The first-order chi connectivity index (χ1) is 7.68. The number of carbonyl (C=O) groups is 1. The number of para-hydroxylation sites is 1. The number of esters is 1. The lowest BCUT2D eigenvalue weighted by molar-refractivity contribution is -0.169. The predicted octanol–water partition coefficient (Wildman–Crippen LogP) is 1.22. The van der Waals surface area contributed by atoms with Gasteiger partial charge in [-0.3, -0.25) is 0 Å². The van der Waals surface area contributed by atoms with Crippen molar-refractivity contribution in [2.75, 3.05) is 13.2 Å². The average molecular weight is 222 g/mol. The Hall–Kier alpha value is -1.55. The van der Waals surface area contributed by atoms with E-state index in [1.165, 1.54) is 0 Å². The molecule has 1 atom stereocenters. The molecule has 1 unspecified atom stereocenters. The molecule has 0 aromatic heterocycles. The lowest BCUT2D eigenvalue weighted by atomic mass is 9.88. The third-order valence-corrected chi connectivity index (χ3v) is 2.67. The Morgan fingerprint density at radius 2 is 2.31 bits per heavy atom. The van der Waals surface area contributed by atoms with E-state index in [2.05, 4.69) is 0 Å². The minimum absolute atomic E-state index is 0.225. The van der Waals surface area contributed by atoms with Crippen LogP contribution in [-0.2, 0) is 15.1 Å². The molecule has 1 aromatic carbocycles. The second kappa shape index (κ2) is 4.14. The van der Waals surface area contributed by atoms with Crippen LogP contribution in [0.1, 0.15) is 18.9 Å². The van der Waals surface area contributed by atoms with E-state index in [4.69, 9.17) is 9.47 Å². The summed E-state index contributed by atoms with van der Waals surface area (Å²) in [6.45, 7) is 2.28. The van der Waals surface area contributed by atoms with E-state index in [-0.39, 0.29) is 13.0 Å². The predicted molar refractivity (Wildman–Crippen MR) is 57.1 cm³/mol. The molecule has 0 aliphatic carbocycles. The summed E-state index contributed by atoms with van der Waals surface area (Å²) >= 11 is 0. The molecule has 2 rings (SSSR count). The Morgan fingerprint density at radius 3 is 3.06 bits per heavy atom. The molecule has 1 aliphatic heterocycles. The van der Waals surface area contributed by atoms with Crippen molar-refractivity contribution >= 4 is 5.97 Å². The van der Waals surface area contributed by atoms with Gasteiger partial charge < -0.3 is 14.6 Å². The van der Waals surface area contributed by atoms with Crippen LogP contribution in [-0.4, -0.2) is 24.3 Å². The normalized spacial score (nSPS) is 23.1. The van der Waals surface area contributed by atoms with Gasteiger partial charge in [0.25, 0.3) is 0 Å². The van der Waals surface area contributed by atoms with Gasteiger partial charge in [-0.2, -0.15) is 0 Å². The minimum atomic E-state index is -1.56. The molecule has 86 valence electrons. The fourth-order valence-electron chi connectivity index (χ4n) is 1.84. The Labute approximate surface area is 93.8 Å². The first-order valence-corrected chi connectivity index (χ1v) is 5.30. The number of hydrogen-bond donors (Lipinski definition) is 1. The summed E-state index contributed by atoms with van der Waals surface area (Å²) in [4.78, 5) is 11.8. The zero-order valence-corrected chi connectivity index (χ0v) is 9.10. The third-order valence-electron chi connectivity index (χ3n) is 2.67. The quantitative estimate of drug-likeness (QED) is 0.764. The lowest BCUT2D eigenvalue weighted by Crippen LogP contribution is -2.41. The second-order valence-electron chi connectivity index (χ2n) is 3.68. The maximum Gasteiger partial charge on any atom is 0.343 e. The number of fused-ring (bicyclic) bond motifs is 1. The molecule has 4 heteroatoms. The van der Waals surface area contributed by atoms with Gasteiger partial charge in [-0.05, 0) is 13.0 Å². The third kappa shape index (κ3) is 1.65. The zero-order valence-electron chi connectivity index (χ0n) is 9.10. The van der Waals surface area contributed by atoms with Crippen molar-refractivity contribution in [1.82, 2.24) is 0 Å². The lowest BCUT2D eigenvalue weighted by Gasteiger charge is -2.31. The molecule has 16 heavy (non-hydrogen) atoms. The smallest absolute Gasteiger partial charge is 0.343 e. The molecule has 0 spiro atoms. The topological polar surface area (TPSA) is 55.8 Å². The van der Waals surface area contributed by atoms with Crippen molar-refractivity contribution in [3.63, 3.8) is 0 Å². The van der Waals surface area contributed by atoms with Crippen LogP contribution in [0.2, 0.25) is 0 Å². The summed E-state index contributed by atoms with van der Waals surface area (Å²) < 4.78 is 10.3. The highest BCUT2D eigenvalue weighted by molar-refractivity contribution is 5.82. The molecular formula is C12H14O4. The van der Waals surface area contributed by atoms with E-state index in [9.17, 15) is 9.90 Å². The molecule has 0 amide bonds. The highest BCUT2D eigenvalue weighted by Crippen LogP contribution is 2.37. The van der Waals surface area contributed by atoms with Crippen molar-refractivity contribution in [3.05, 3.63) is 29.8 Å². The van der Waals surface area contributed by atoms with Crippen LogP contribution in [0.5, 0.6) is 5.75 Å². The van der Waals surface area contributed by atoms with Crippen LogP contribution >= 0.6 is 0 Å². The molecule has 0 fully saturated rings. The average Bonchev–Trinajstić information content (AvgIpc) is 2.30. The van der Waals surface area contributed by atoms with E-state index >= 15 is 0 Å². The molecule has 1 aliphatic rings. The highest BCUT2D eigenvalue weighted by Gasteiger charge is 2.43. The summed E-state index contributed by atoms with van der Waals surface area (Å²) in [5.74, 6) is -0.0601. The van der Waals surface area contributed by atoms with Crippen LogP contribution in [0.3, 0.4) is 0 Å². The second-order valence-corrected chi connectivity index (χ2v) is 3.68. The first-order valence-electron chi connectivity index (χ1n) is 5.30. The summed E-state index contributed by atoms with van der Waals surface area (Å²) in [6, 6.07) is 6.98. The van der Waals surface area contributed by atoms with E-state index in [1.807, 2.05) is 0 Å². The Kier molecular flexibility index (Phi) is 2.83. The number of benzene rings is 1. The number of hydrogen-bond acceptors (Lipinski definition) is 4. The molecule has 4 nitrogen and oxygen atoms in total. The Bertz CT molecular complexity index is 402. The number of carbonyl (C=O) groups excluding carboxylic acids is 1. The Balaban J connectivity index is 2.40. The molecule has 0 bridgehead atoms. The zero-order chi connectivity index (χ0) is 11.6. The summed E-state index contributed by atoms with van der Waals surface area (Å²) in [5.41, 5.74) is -1.08. The molecule has 1 heterocycles. The van der Waals surface area contributed by atoms with E-state index in [0.29, 0.717) is 17.9 Å². The summed E-state index contributed by atoms with van der Waals surface area (Å²) in [6.07, 6.45) is 0.225. The van der Waals surface area contributed by atoms with Crippen LogP contribution < -0.4 is 4.74 Å². The van der Waals surface area contributed by atoms with Crippen LogP contribution in [0, 0.1) is 0 Å². The van der Waals surface area contributed by atoms with E-state index < -0.39 is 11.6 Å². The summed E-state index contributed by atoms with van der Waals surface area (Å²) in [7, 11) is 0. The first kappa shape index (κ1) is 11.0. The standard InChI is InChI=1S/C12H14O4/c1-2-15-11(13)12(14)7-8-16-10-6-4-3-5-9(10)12/h3-6,14H,2,7-8H2,1H3. The summed E-state index contributed by atoms with van der Waals surface area (Å²) in [5, 5.41) is 10.4. The van der Waals surface area contributed by atoms with Gasteiger partial charge in [0.1, 0.15) is 5.75 Å². The van der Waals surface area contributed by atoms with E-state index in [0.717, 1.165) is 0 Å². The van der Waals surface area contributed by atoms with Gasteiger partial charge in [0.2, 0.25) is 0 Å². The molecule has 0 saturated carbocycles. The molecular weight excluding hydrogens is 208 g/mol. The fourth-order valence-corrected chi connectivity index (χ4v) is 1.84. The monoisotopic (exact) mass is 222 g/mol. The maximum absolute atomic E-state index is 11.8. The van der Waals surface area contributed by atoms with Crippen molar-refractivity contribution in [1.29, 1.82) is 0 Å². The van der Waals surface area contributed by atoms with Crippen LogP contribution in [0.4, 0.5) is 0 Å². The van der Waals surface area contributed by atoms with Crippen molar-refractivity contribution < 1.29 is 19.4 Å². The van der Waals surface area contributed by atoms with Gasteiger partial charge in [0, 0.05) is 12.0 Å². The minimum Gasteiger partial charge on any atom is -0.493 e. The van der Waals surface area contributed by atoms with Gasteiger partial charge >= 0.3 is 5.97 Å². The van der Waals surface area contributed by atoms with Gasteiger partial charge in [-0.25, -0.2) is 4.79 Å².